The Morgan fingerprint density at radius 3 is 1.43 bits per heavy atom. The lowest BCUT2D eigenvalue weighted by atomic mass is 9.88. The summed E-state index contributed by atoms with van der Waals surface area (Å²) in [7, 11) is 0. The van der Waals surface area contributed by atoms with Gasteiger partial charge in [0.1, 0.15) is 0 Å². The Morgan fingerprint density at radius 1 is 0.652 bits per heavy atom. The van der Waals surface area contributed by atoms with E-state index < -0.39 is 0 Å². The second-order valence-corrected chi connectivity index (χ2v) is 6.43. The third kappa shape index (κ3) is 3.95. The Bertz CT molecular complexity index is 601. The molecule has 23 heavy (non-hydrogen) atoms. The largest absolute Gasteiger partial charge is 0.291 e. The highest BCUT2D eigenvalue weighted by Gasteiger charge is 2.34. The second kappa shape index (κ2) is 7.36. The first-order chi connectivity index (χ1) is 11.2. The fourth-order valence-corrected chi connectivity index (χ4v) is 3.46. The van der Waals surface area contributed by atoms with Crippen molar-refractivity contribution in [3.63, 3.8) is 0 Å². The van der Waals surface area contributed by atoms with Gasteiger partial charge in [0.25, 0.3) is 0 Å². The quantitative estimate of drug-likeness (QED) is 0.631. The average molecular weight is 306 g/mol. The van der Waals surface area contributed by atoms with Gasteiger partial charge in [-0.3, -0.25) is 9.59 Å². The van der Waals surface area contributed by atoms with Crippen LogP contribution in [-0.2, 0) is 22.4 Å². The summed E-state index contributed by atoms with van der Waals surface area (Å²) in [5, 5.41) is 0. The van der Waals surface area contributed by atoms with E-state index in [-0.39, 0.29) is 23.4 Å². The van der Waals surface area contributed by atoms with Crippen LogP contribution in [-0.4, -0.2) is 11.6 Å². The molecule has 0 bridgehead atoms. The smallest absolute Gasteiger partial charge is 0.202 e. The van der Waals surface area contributed by atoms with Crippen LogP contribution < -0.4 is 0 Å². The van der Waals surface area contributed by atoms with Gasteiger partial charge in [0, 0.05) is 11.8 Å². The molecule has 0 amide bonds. The molecule has 0 heterocycles. The van der Waals surface area contributed by atoms with E-state index in [1.54, 1.807) is 0 Å². The van der Waals surface area contributed by atoms with Crippen molar-refractivity contribution < 1.29 is 9.59 Å². The minimum absolute atomic E-state index is 0.148. The summed E-state index contributed by atoms with van der Waals surface area (Å²) in [5.74, 6) is -0.615. The van der Waals surface area contributed by atoms with Crippen molar-refractivity contribution >= 4 is 11.6 Å². The zero-order valence-corrected chi connectivity index (χ0v) is 13.3. The fourth-order valence-electron chi connectivity index (χ4n) is 3.46. The average Bonchev–Trinajstić information content (AvgIpc) is 2.71. The van der Waals surface area contributed by atoms with Gasteiger partial charge in [0.05, 0.1) is 0 Å². The van der Waals surface area contributed by atoms with Crippen LogP contribution in [0.1, 0.15) is 30.4 Å². The minimum Gasteiger partial charge on any atom is -0.291 e. The molecule has 2 atom stereocenters. The monoisotopic (exact) mass is 306 g/mol. The summed E-state index contributed by atoms with van der Waals surface area (Å²) in [6, 6.07) is 20.0. The van der Waals surface area contributed by atoms with E-state index in [9.17, 15) is 9.59 Å². The molecule has 0 aliphatic heterocycles. The number of rotatable bonds is 4. The Kier molecular flexibility index (Phi) is 5.02. The second-order valence-electron chi connectivity index (χ2n) is 6.43. The van der Waals surface area contributed by atoms with Gasteiger partial charge in [0.15, 0.2) is 0 Å². The molecule has 1 saturated carbocycles. The van der Waals surface area contributed by atoms with Crippen molar-refractivity contribution in [2.24, 2.45) is 11.8 Å². The highest BCUT2D eigenvalue weighted by atomic mass is 16.2. The maximum absolute atomic E-state index is 12.6. The van der Waals surface area contributed by atoms with E-state index in [4.69, 9.17) is 0 Å². The number of hydrogen-bond acceptors (Lipinski definition) is 2. The van der Waals surface area contributed by atoms with E-state index >= 15 is 0 Å². The molecule has 2 heteroatoms. The van der Waals surface area contributed by atoms with Crippen LogP contribution in [0.3, 0.4) is 0 Å². The SMILES string of the molecule is O=C1C(=O)C(Cc2ccccc2)CCCC1Cc1ccccc1. The lowest BCUT2D eigenvalue weighted by Crippen LogP contribution is -2.29. The summed E-state index contributed by atoms with van der Waals surface area (Å²) in [4.78, 5) is 25.2. The Hall–Kier alpha value is -2.22. The van der Waals surface area contributed by atoms with Crippen LogP contribution in [0.4, 0.5) is 0 Å². The van der Waals surface area contributed by atoms with Crippen molar-refractivity contribution in [1.82, 2.24) is 0 Å². The van der Waals surface area contributed by atoms with Gasteiger partial charge < -0.3 is 0 Å². The molecule has 0 saturated heterocycles. The van der Waals surface area contributed by atoms with E-state index in [1.165, 1.54) is 0 Å². The first-order valence-corrected chi connectivity index (χ1v) is 8.40. The highest BCUT2D eigenvalue weighted by molar-refractivity contribution is 6.38. The standard InChI is InChI=1S/C21H22O2/c22-20-18(14-16-8-3-1-4-9-16)12-7-13-19(21(20)23)15-17-10-5-2-6-11-17/h1-6,8-11,18-19H,7,12-15H2. The molecular formula is C21H22O2. The Balaban J connectivity index is 1.69. The predicted molar refractivity (Wildman–Crippen MR) is 91.1 cm³/mol. The summed E-state index contributed by atoms with van der Waals surface area (Å²) < 4.78 is 0. The molecule has 118 valence electrons. The summed E-state index contributed by atoms with van der Waals surface area (Å²) in [5.41, 5.74) is 2.28. The molecule has 1 aliphatic carbocycles. The third-order valence-electron chi connectivity index (χ3n) is 4.74. The van der Waals surface area contributed by atoms with Crippen LogP contribution in [0, 0.1) is 11.8 Å². The Morgan fingerprint density at radius 2 is 1.04 bits per heavy atom. The number of carbonyl (C=O) groups excluding carboxylic acids is 2. The van der Waals surface area contributed by atoms with Gasteiger partial charge in [-0.05, 0) is 36.8 Å². The van der Waals surface area contributed by atoms with Crippen LogP contribution >= 0.6 is 0 Å². The van der Waals surface area contributed by atoms with Gasteiger partial charge >= 0.3 is 0 Å². The zero-order valence-electron chi connectivity index (χ0n) is 13.3. The number of ketones is 2. The fraction of sp³-hybridized carbons (Fsp3) is 0.333. The van der Waals surface area contributed by atoms with Crippen LogP contribution in [0.2, 0.25) is 0 Å². The molecule has 2 aromatic carbocycles. The Labute approximate surface area is 137 Å². The van der Waals surface area contributed by atoms with Gasteiger partial charge in [-0.1, -0.05) is 67.1 Å². The summed E-state index contributed by atoms with van der Waals surface area (Å²) >= 11 is 0. The van der Waals surface area contributed by atoms with Crippen molar-refractivity contribution in [2.75, 3.05) is 0 Å². The molecule has 1 fully saturated rings. The van der Waals surface area contributed by atoms with E-state index in [2.05, 4.69) is 0 Å². The molecule has 2 aromatic rings. The molecule has 0 aromatic heterocycles. The maximum Gasteiger partial charge on any atom is 0.202 e. The van der Waals surface area contributed by atoms with E-state index in [1.807, 2.05) is 60.7 Å². The van der Waals surface area contributed by atoms with Gasteiger partial charge in [0.2, 0.25) is 11.6 Å². The van der Waals surface area contributed by atoms with Crippen LogP contribution in [0.5, 0.6) is 0 Å². The molecule has 1 aliphatic rings. The number of carbonyl (C=O) groups is 2. The number of benzene rings is 2. The number of Topliss-reactive ketones (excluding diaryl/α,β-unsaturated/α-hetero) is 2. The highest BCUT2D eigenvalue weighted by Crippen LogP contribution is 2.27. The normalized spacial score (nSPS) is 21.9. The van der Waals surface area contributed by atoms with Crippen molar-refractivity contribution in [3.8, 4) is 0 Å². The zero-order chi connectivity index (χ0) is 16.1. The van der Waals surface area contributed by atoms with E-state index in [0.29, 0.717) is 12.8 Å². The molecule has 0 spiro atoms. The summed E-state index contributed by atoms with van der Waals surface area (Å²) in [6.45, 7) is 0. The third-order valence-corrected chi connectivity index (χ3v) is 4.74. The first kappa shape index (κ1) is 15.7. The lowest BCUT2D eigenvalue weighted by Gasteiger charge is -2.14. The lowest BCUT2D eigenvalue weighted by molar-refractivity contribution is -0.140. The van der Waals surface area contributed by atoms with Crippen LogP contribution in [0.25, 0.3) is 0 Å². The molecule has 2 unspecified atom stereocenters. The van der Waals surface area contributed by atoms with E-state index in [0.717, 1.165) is 30.4 Å². The molecular weight excluding hydrogens is 284 g/mol. The molecule has 0 N–H and O–H groups in total. The van der Waals surface area contributed by atoms with Crippen molar-refractivity contribution in [1.29, 1.82) is 0 Å². The van der Waals surface area contributed by atoms with Crippen molar-refractivity contribution in [2.45, 2.75) is 32.1 Å². The topological polar surface area (TPSA) is 34.1 Å². The molecule has 0 radical (unpaired) electrons. The minimum atomic E-state index is -0.160. The van der Waals surface area contributed by atoms with Crippen LogP contribution in [0.15, 0.2) is 60.7 Å². The maximum atomic E-state index is 12.6. The van der Waals surface area contributed by atoms with Gasteiger partial charge in [-0.2, -0.15) is 0 Å². The van der Waals surface area contributed by atoms with Gasteiger partial charge in [-0.15, -0.1) is 0 Å². The van der Waals surface area contributed by atoms with Crippen molar-refractivity contribution in [3.05, 3.63) is 71.8 Å². The predicted octanol–water partition coefficient (Wildman–Crippen LogP) is 4.03. The molecule has 3 rings (SSSR count). The van der Waals surface area contributed by atoms with Gasteiger partial charge in [-0.25, -0.2) is 0 Å². The molecule has 2 nitrogen and oxygen atoms in total. The number of hydrogen-bond donors (Lipinski definition) is 0. The first-order valence-electron chi connectivity index (χ1n) is 8.40. The summed E-state index contributed by atoms with van der Waals surface area (Å²) in [6.07, 6.45) is 3.97.